The summed E-state index contributed by atoms with van der Waals surface area (Å²) in [5, 5.41) is 3.41. The molecule has 1 rings (SSSR count). The second kappa shape index (κ2) is 5.72. The van der Waals surface area contributed by atoms with Gasteiger partial charge in [0.25, 0.3) is 0 Å². The summed E-state index contributed by atoms with van der Waals surface area (Å²) in [5.74, 6) is 0.985. The first-order valence-electron chi connectivity index (χ1n) is 4.56. The minimum atomic E-state index is 0. The van der Waals surface area contributed by atoms with E-state index in [-0.39, 0.29) is 1.43 Å². The molecule has 0 saturated heterocycles. The molecule has 0 bridgehead atoms. The lowest BCUT2D eigenvalue weighted by atomic mass is 9.82. The quantitative estimate of drug-likeness (QED) is 0.630. The van der Waals surface area contributed by atoms with E-state index in [1.54, 1.807) is 0 Å². The molecule has 64 valence electrons. The highest BCUT2D eigenvalue weighted by molar-refractivity contribution is 4.81. The minimum Gasteiger partial charge on any atom is -0.314 e. The van der Waals surface area contributed by atoms with Crippen molar-refractivity contribution in [3.63, 3.8) is 0 Å². The Hall–Kier alpha value is -0.0400. The van der Waals surface area contributed by atoms with Crippen molar-refractivity contribution in [2.24, 2.45) is 5.92 Å². The van der Waals surface area contributed by atoms with Crippen LogP contribution < -0.4 is 5.32 Å². The highest BCUT2D eigenvalue weighted by Crippen LogP contribution is 2.25. The van der Waals surface area contributed by atoms with E-state index in [1.165, 1.54) is 12.8 Å². The predicted octanol–water partition coefficient (Wildman–Crippen LogP) is 2.67. The molecular formula is C9H23N. The summed E-state index contributed by atoms with van der Waals surface area (Å²) in [5.41, 5.74) is 0. The second-order valence-corrected chi connectivity index (χ2v) is 2.83. The van der Waals surface area contributed by atoms with E-state index >= 15 is 0 Å². The van der Waals surface area contributed by atoms with Crippen molar-refractivity contribution in [2.75, 3.05) is 6.54 Å². The lowest BCUT2D eigenvalue weighted by Crippen LogP contribution is -2.39. The van der Waals surface area contributed by atoms with E-state index in [0.29, 0.717) is 0 Å². The average Bonchev–Trinajstić information content (AvgIpc) is 1.90. The summed E-state index contributed by atoms with van der Waals surface area (Å²) >= 11 is 0. The summed E-state index contributed by atoms with van der Waals surface area (Å²) < 4.78 is 0. The van der Waals surface area contributed by atoms with Crippen molar-refractivity contribution in [3.05, 3.63) is 0 Å². The van der Waals surface area contributed by atoms with Gasteiger partial charge in [-0.1, -0.05) is 27.7 Å². The van der Waals surface area contributed by atoms with Crippen LogP contribution in [0.25, 0.3) is 0 Å². The van der Waals surface area contributed by atoms with Crippen molar-refractivity contribution >= 4 is 0 Å². The zero-order valence-electron chi connectivity index (χ0n) is 7.78. The third-order valence-corrected chi connectivity index (χ3v) is 1.87. The normalized spacial score (nSPS) is 30.0. The molecule has 1 aliphatic carbocycles. The molecule has 0 amide bonds. The zero-order chi connectivity index (χ0) is 7.98. The molecule has 0 aromatic heterocycles. The summed E-state index contributed by atoms with van der Waals surface area (Å²) in [6.07, 6.45) is 2.79. The fourth-order valence-corrected chi connectivity index (χ4v) is 1.36. The third-order valence-electron chi connectivity index (χ3n) is 1.87. The van der Waals surface area contributed by atoms with Crippen LogP contribution in [0.3, 0.4) is 0 Å². The second-order valence-electron chi connectivity index (χ2n) is 2.83. The van der Waals surface area contributed by atoms with Gasteiger partial charge in [-0.2, -0.15) is 0 Å². The first-order chi connectivity index (χ1) is 4.83. The minimum absolute atomic E-state index is 0. The number of hydrogen-bond donors (Lipinski definition) is 1. The number of hydrogen-bond acceptors (Lipinski definition) is 1. The first kappa shape index (κ1) is 9.96. The van der Waals surface area contributed by atoms with Gasteiger partial charge in [-0.3, -0.25) is 0 Å². The fraction of sp³-hybridized carbons (Fsp3) is 1.00. The zero-order valence-corrected chi connectivity index (χ0v) is 7.78. The average molecular weight is 145 g/mol. The summed E-state index contributed by atoms with van der Waals surface area (Å²) in [6, 6.07) is 0.856. The van der Waals surface area contributed by atoms with Gasteiger partial charge in [-0.25, -0.2) is 0 Å². The Labute approximate surface area is 66.7 Å². The molecule has 0 atom stereocenters. The van der Waals surface area contributed by atoms with Crippen LogP contribution in [0.15, 0.2) is 0 Å². The Morgan fingerprint density at radius 1 is 1.40 bits per heavy atom. The lowest BCUT2D eigenvalue weighted by Gasteiger charge is -2.33. The van der Waals surface area contributed by atoms with E-state index in [4.69, 9.17) is 0 Å². The fourth-order valence-electron chi connectivity index (χ4n) is 1.36. The van der Waals surface area contributed by atoms with Crippen LogP contribution in [0.2, 0.25) is 0 Å². The molecule has 1 aliphatic rings. The molecule has 0 aromatic rings. The van der Waals surface area contributed by atoms with Crippen molar-refractivity contribution in [2.45, 2.75) is 46.6 Å². The topological polar surface area (TPSA) is 12.0 Å². The molecule has 10 heavy (non-hydrogen) atoms. The SMILES string of the molecule is CC.CCNC1CC(C)C1.[HH]. The standard InChI is InChI=1S/C7H15N.C2H6.H2/c1-3-8-7-4-6(2)5-7;1-2;/h6-8H,3-5H2,1-2H3;1-2H3;1H. The number of rotatable bonds is 2. The van der Waals surface area contributed by atoms with E-state index in [9.17, 15) is 0 Å². The molecule has 0 radical (unpaired) electrons. The monoisotopic (exact) mass is 145 g/mol. The third kappa shape index (κ3) is 3.21. The van der Waals surface area contributed by atoms with Gasteiger partial charge in [0.15, 0.2) is 0 Å². The van der Waals surface area contributed by atoms with Crippen LogP contribution in [0.4, 0.5) is 0 Å². The molecular weight excluding hydrogens is 122 g/mol. The molecule has 0 spiro atoms. The lowest BCUT2D eigenvalue weighted by molar-refractivity contribution is 0.245. The van der Waals surface area contributed by atoms with Gasteiger partial charge in [0.1, 0.15) is 0 Å². The predicted molar refractivity (Wildman–Crippen MR) is 49.3 cm³/mol. The van der Waals surface area contributed by atoms with Crippen molar-refractivity contribution in [1.29, 1.82) is 0 Å². The summed E-state index contributed by atoms with van der Waals surface area (Å²) in [6.45, 7) is 9.62. The molecule has 0 aliphatic heterocycles. The molecule has 1 N–H and O–H groups in total. The summed E-state index contributed by atoms with van der Waals surface area (Å²) in [4.78, 5) is 0. The van der Waals surface area contributed by atoms with Crippen molar-refractivity contribution in [3.8, 4) is 0 Å². The first-order valence-corrected chi connectivity index (χ1v) is 4.56. The van der Waals surface area contributed by atoms with Crippen molar-refractivity contribution < 1.29 is 1.43 Å². The van der Waals surface area contributed by atoms with Crippen LogP contribution in [-0.4, -0.2) is 12.6 Å². The van der Waals surface area contributed by atoms with E-state index < -0.39 is 0 Å². The van der Waals surface area contributed by atoms with Crippen LogP contribution in [0, 0.1) is 5.92 Å². The number of nitrogens with one attached hydrogen (secondary N) is 1. The molecule has 1 heteroatoms. The van der Waals surface area contributed by atoms with Gasteiger partial charge in [-0.15, -0.1) is 0 Å². The molecule has 0 heterocycles. The van der Waals surface area contributed by atoms with Crippen LogP contribution in [0.1, 0.15) is 42.0 Å². The molecule has 0 unspecified atom stereocenters. The van der Waals surface area contributed by atoms with Crippen LogP contribution >= 0.6 is 0 Å². The van der Waals surface area contributed by atoms with Crippen molar-refractivity contribution in [1.82, 2.24) is 5.32 Å². The van der Waals surface area contributed by atoms with E-state index in [2.05, 4.69) is 19.2 Å². The maximum Gasteiger partial charge on any atom is 0.00720 e. The molecule has 1 saturated carbocycles. The van der Waals surface area contributed by atoms with Crippen LogP contribution in [0.5, 0.6) is 0 Å². The smallest absolute Gasteiger partial charge is 0.00720 e. The maximum absolute atomic E-state index is 3.41. The highest BCUT2D eigenvalue weighted by Gasteiger charge is 2.23. The van der Waals surface area contributed by atoms with Gasteiger partial charge in [0.2, 0.25) is 0 Å². The van der Waals surface area contributed by atoms with Gasteiger partial charge >= 0.3 is 0 Å². The Kier molecular flexibility index (Phi) is 5.70. The summed E-state index contributed by atoms with van der Waals surface area (Å²) in [7, 11) is 0. The Morgan fingerprint density at radius 3 is 2.20 bits per heavy atom. The van der Waals surface area contributed by atoms with Gasteiger partial charge in [-0.05, 0) is 25.3 Å². The maximum atomic E-state index is 3.41. The Balaban J connectivity index is 0. The highest BCUT2D eigenvalue weighted by atomic mass is 14.9. The molecule has 0 aromatic carbocycles. The van der Waals surface area contributed by atoms with E-state index in [0.717, 1.165) is 18.5 Å². The van der Waals surface area contributed by atoms with Gasteiger partial charge in [0, 0.05) is 7.47 Å². The van der Waals surface area contributed by atoms with Gasteiger partial charge in [0.05, 0.1) is 0 Å². The molecule has 1 fully saturated rings. The Morgan fingerprint density at radius 2 is 1.90 bits per heavy atom. The van der Waals surface area contributed by atoms with Crippen LogP contribution in [-0.2, 0) is 0 Å². The van der Waals surface area contributed by atoms with E-state index in [1.807, 2.05) is 13.8 Å². The largest absolute Gasteiger partial charge is 0.314 e. The Bertz CT molecular complexity index is 67.2. The van der Waals surface area contributed by atoms with Gasteiger partial charge < -0.3 is 5.32 Å². The molecule has 1 nitrogen and oxygen atoms in total.